The van der Waals surface area contributed by atoms with E-state index in [4.69, 9.17) is 0 Å². The van der Waals surface area contributed by atoms with Gasteiger partial charge in [0, 0.05) is 115 Å². The van der Waals surface area contributed by atoms with E-state index in [2.05, 4.69) is 0 Å². The summed E-state index contributed by atoms with van der Waals surface area (Å²) < 4.78 is 0. The molecule has 0 fully saturated rings. The van der Waals surface area contributed by atoms with Crippen molar-refractivity contribution in [3.8, 4) is 0 Å². The second-order valence-corrected chi connectivity index (χ2v) is 0. The second-order valence-electron chi connectivity index (χ2n) is 0. The third kappa shape index (κ3) is 18.0. The van der Waals surface area contributed by atoms with Crippen molar-refractivity contribution in [3.05, 3.63) is 0 Å². The molecular formula is H2BeGd2LaO. The van der Waals surface area contributed by atoms with Gasteiger partial charge in [-0.15, -0.1) is 0 Å². The van der Waals surface area contributed by atoms with E-state index < -0.39 is 0 Å². The zero-order chi connectivity index (χ0) is 0. The minimum Gasteiger partial charge on any atom is -0.870 e. The van der Waals surface area contributed by atoms with Crippen LogP contribution in [0.3, 0.4) is 0 Å². The smallest absolute Gasteiger partial charge is 0 e. The molecule has 0 unspecified atom stereocenters. The maximum absolute atomic E-state index is 0. The Morgan fingerprint density at radius 2 is 0.800 bits per heavy atom. The molecule has 0 bridgehead atoms. The molecule has 0 aliphatic heterocycles. The summed E-state index contributed by atoms with van der Waals surface area (Å²) in [6.45, 7) is 0. The maximum atomic E-state index is 0. The summed E-state index contributed by atoms with van der Waals surface area (Å²) in [5.74, 6) is 0. The van der Waals surface area contributed by atoms with Crippen molar-refractivity contribution in [3.63, 3.8) is 0 Å². The summed E-state index contributed by atoms with van der Waals surface area (Å²) in [5.41, 5.74) is 0. The molecule has 0 saturated heterocycles. The fourth-order valence-corrected chi connectivity index (χ4v) is 0. The van der Waals surface area contributed by atoms with E-state index in [1.54, 1.807) is 0 Å². The van der Waals surface area contributed by atoms with Gasteiger partial charge in [0.1, 0.15) is 0 Å². The Bertz CT molecular complexity index is 9.61. The maximum Gasteiger partial charge on any atom is 0 e. The minimum atomic E-state index is 0. The van der Waals surface area contributed by atoms with Gasteiger partial charge in [0.15, 0.2) is 0 Å². The molecule has 1 radical (unpaired) electrons. The van der Waals surface area contributed by atoms with Crippen LogP contribution >= 0.6 is 0 Å². The molecule has 0 spiro atoms. The topological polar surface area (TPSA) is 30.0 Å². The molecule has 0 aromatic carbocycles. The van der Waals surface area contributed by atoms with E-state index >= 15 is 0 Å². The Morgan fingerprint density at radius 1 is 0.800 bits per heavy atom. The fourth-order valence-electron chi connectivity index (χ4n) is 0. The predicted octanol–water partition coefficient (Wildman–Crippen LogP) is -0.825. The van der Waals surface area contributed by atoms with Crippen LogP contribution in [0.15, 0.2) is 0 Å². The van der Waals surface area contributed by atoms with Crippen LogP contribution in [-0.4, -0.2) is 15.6 Å². The molecule has 0 atom stereocenters. The summed E-state index contributed by atoms with van der Waals surface area (Å²) >= 11 is 0. The van der Waals surface area contributed by atoms with Crippen molar-refractivity contribution in [2.75, 3.05) is 0 Å². The van der Waals surface area contributed by atoms with Gasteiger partial charge in [-0.25, -0.2) is 0 Å². The van der Waals surface area contributed by atoms with Crippen molar-refractivity contribution in [2.24, 2.45) is 0 Å². The minimum absolute atomic E-state index is 0. The first kappa shape index (κ1) is 36.1. The van der Waals surface area contributed by atoms with Crippen LogP contribution in [0.25, 0.3) is 0 Å². The van der Waals surface area contributed by atoms with Crippen molar-refractivity contribution in [1.29, 1.82) is 0 Å². The molecule has 0 aliphatic rings. The van der Waals surface area contributed by atoms with E-state index in [1.807, 2.05) is 0 Å². The summed E-state index contributed by atoms with van der Waals surface area (Å²) in [4.78, 5) is 0. The Labute approximate surface area is 127 Å². The Balaban J connectivity index is 0. The molecule has 5 heteroatoms. The van der Waals surface area contributed by atoms with Crippen LogP contribution in [0.1, 0.15) is 0 Å². The first-order valence-electron chi connectivity index (χ1n) is 0. The second kappa shape index (κ2) is 24.6. The average Bonchev–Trinajstić information content (AvgIpc) is 0. The number of hydrogen-bond acceptors (Lipinski definition) is 1. The number of rotatable bonds is 0. The van der Waals surface area contributed by atoms with Gasteiger partial charge in [-0.1, -0.05) is 0 Å². The van der Waals surface area contributed by atoms with Gasteiger partial charge in [0.05, 0.1) is 0 Å². The summed E-state index contributed by atoms with van der Waals surface area (Å²) in [6, 6.07) is 0. The zero-order valence-corrected chi connectivity index (χ0v) is 10.9. The van der Waals surface area contributed by atoms with E-state index in [0.717, 1.165) is 0 Å². The standard InChI is InChI=1S/Be.2Gd.La.H2O.H/h;;;;1H2;/q+1;;;;;/p-1. The third-order valence-electron chi connectivity index (χ3n) is 0. The summed E-state index contributed by atoms with van der Waals surface area (Å²) in [5, 5.41) is 0. The van der Waals surface area contributed by atoms with Gasteiger partial charge < -0.3 is 5.48 Å². The van der Waals surface area contributed by atoms with Gasteiger partial charge in [0.2, 0.25) is 0 Å². The van der Waals surface area contributed by atoms with E-state index in [-0.39, 0.29) is 131 Å². The molecule has 0 amide bonds. The van der Waals surface area contributed by atoms with Crippen LogP contribution in [0, 0.1) is 115 Å². The average molecular weight is 480 g/mol. The normalized spacial score (nSPS) is 0. The molecule has 1 nitrogen and oxygen atoms in total. The van der Waals surface area contributed by atoms with Crippen molar-refractivity contribution >= 4 is 10.1 Å². The van der Waals surface area contributed by atoms with E-state index in [0.29, 0.717) is 0 Å². The first-order valence-corrected chi connectivity index (χ1v) is 0. The molecule has 0 saturated carbocycles. The van der Waals surface area contributed by atoms with Crippen LogP contribution in [0.4, 0.5) is 0 Å². The molecule has 5 heavy (non-hydrogen) atoms. The molecule has 0 aliphatic carbocycles. The SMILES string of the molecule is [BeH+].[Gd].[Gd].[La].[OH-]. The molecule has 0 heterocycles. The number of hydrogen-bond donors (Lipinski definition) is 0. The zero-order valence-electron chi connectivity index (χ0n) is 2.73. The van der Waals surface area contributed by atoms with Crippen molar-refractivity contribution in [2.45, 2.75) is 0 Å². The Kier molecular flexibility index (Phi) is 178. The fraction of sp³-hybridized carbons (Fsp3) is 0. The van der Waals surface area contributed by atoms with Crippen LogP contribution < -0.4 is 0 Å². The van der Waals surface area contributed by atoms with Crippen LogP contribution in [-0.2, 0) is 0 Å². The molecule has 1 N–H and O–H groups in total. The van der Waals surface area contributed by atoms with Gasteiger partial charge in [-0.3, -0.25) is 0 Å². The molecular weight excluding hydrogens is 478 g/mol. The summed E-state index contributed by atoms with van der Waals surface area (Å²) in [7, 11) is 0. The quantitative estimate of drug-likeness (QED) is 0.417. The van der Waals surface area contributed by atoms with E-state index in [9.17, 15) is 0 Å². The van der Waals surface area contributed by atoms with Gasteiger partial charge in [-0.05, 0) is 0 Å². The van der Waals surface area contributed by atoms with Gasteiger partial charge >= 0.3 is 10.1 Å². The molecule has 29 valence electrons. The molecule has 0 aromatic rings. The largest absolute Gasteiger partial charge is 0.870 e. The monoisotopic (exact) mass is 482 g/mol. The van der Waals surface area contributed by atoms with Crippen molar-refractivity contribution in [1.82, 2.24) is 0 Å². The Hall–Kier alpha value is 3.97. The predicted molar refractivity (Wildman–Crippen MR) is 9.08 cm³/mol. The third-order valence-corrected chi connectivity index (χ3v) is 0. The molecule has 0 aromatic heterocycles. The van der Waals surface area contributed by atoms with Crippen molar-refractivity contribution < 1.29 is 121 Å². The van der Waals surface area contributed by atoms with Crippen LogP contribution in [0.2, 0.25) is 0 Å². The van der Waals surface area contributed by atoms with Gasteiger partial charge in [0.25, 0.3) is 0 Å². The summed E-state index contributed by atoms with van der Waals surface area (Å²) in [6.07, 6.45) is 0. The Morgan fingerprint density at radius 3 is 0.800 bits per heavy atom. The first-order chi connectivity index (χ1) is 0. The molecule has 0 rings (SSSR count). The van der Waals surface area contributed by atoms with Crippen LogP contribution in [0.5, 0.6) is 0 Å². The van der Waals surface area contributed by atoms with E-state index in [1.165, 1.54) is 0 Å². The van der Waals surface area contributed by atoms with Gasteiger partial charge in [-0.2, -0.15) is 0 Å².